The molecule has 0 aliphatic carbocycles. The van der Waals surface area contributed by atoms with E-state index in [4.69, 9.17) is 4.74 Å². The summed E-state index contributed by atoms with van der Waals surface area (Å²) in [7, 11) is 0. The largest absolute Gasteiger partial charge is 0.455 e. The van der Waals surface area contributed by atoms with E-state index < -0.39 is 0 Å². The second-order valence-corrected chi connectivity index (χ2v) is 7.20. The third kappa shape index (κ3) is 5.43. The Morgan fingerprint density at radius 3 is 2.19 bits per heavy atom. The minimum absolute atomic E-state index is 0.129. The number of hydrogen-bond acceptors (Lipinski definition) is 3. The van der Waals surface area contributed by atoms with Gasteiger partial charge in [-0.3, -0.25) is 9.59 Å². The molecule has 144 valence electrons. The molecular weight excluding hydrogens is 338 g/mol. The van der Waals surface area contributed by atoms with Gasteiger partial charge in [0, 0.05) is 5.69 Å². The highest BCUT2D eigenvalue weighted by atomic mass is 16.5. The molecule has 0 heterocycles. The first-order valence-corrected chi connectivity index (χ1v) is 9.42. The van der Waals surface area contributed by atoms with Crippen LogP contribution in [-0.2, 0) is 14.3 Å². The predicted molar refractivity (Wildman–Crippen MR) is 109 cm³/mol. The number of aryl methyl sites for hydroxylation is 3. The molecule has 2 aromatic rings. The summed E-state index contributed by atoms with van der Waals surface area (Å²) in [6, 6.07) is 13.6. The zero-order valence-corrected chi connectivity index (χ0v) is 16.8. The maximum atomic E-state index is 12.7. The van der Waals surface area contributed by atoms with Crippen LogP contribution in [0.3, 0.4) is 0 Å². The molecule has 0 saturated heterocycles. The third-order valence-corrected chi connectivity index (χ3v) is 4.91. The van der Waals surface area contributed by atoms with E-state index in [0.717, 1.165) is 34.4 Å². The van der Waals surface area contributed by atoms with Crippen molar-refractivity contribution in [3.8, 4) is 0 Å². The zero-order valence-electron chi connectivity index (χ0n) is 16.8. The molecule has 0 aliphatic rings. The van der Waals surface area contributed by atoms with Crippen molar-refractivity contribution < 1.29 is 14.3 Å². The Kier molecular flexibility index (Phi) is 7.17. The molecule has 1 N–H and O–H groups in total. The molecule has 2 rings (SSSR count). The van der Waals surface area contributed by atoms with E-state index in [-0.39, 0.29) is 30.3 Å². The minimum atomic E-state index is -0.369. The molecule has 0 spiro atoms. The lowest BCUT2D eigenvalue weighted by atomic mass is 9.86. The average molecular weight is 367 g/mol. The van der Waals surface area contributed by atoms with Gasteiger partial charge in [0.15, 0.2) is 6.61 Å². The van der Waals surface area contributed by atoms with Gasteiger partial charge in [-0.1, -0.05) is 68.3 Å². The lowest BCUT2D eigenvalue weighted by Crippen LogP contribution is -2.27. The van der Waals surface area contributed by atoms with Crippen molar-refractivity contribution in [2.75, 3.05) is 11.9 Å². The fourth-order valence-corrected chi connectivity index (χ4v) is 3.37. The predicted octanol–water partition coefficient (Wildman–Crippen LogP) is 4.92. The Morgan fingerprint density at radius 1 is 1.04 bits per heavy atom. The second kappa shape index (κ2) is 9.36. The van der Waals surface area contributed by atoms with Crippen molar-refractivity contribution in [1.29, 1.82) is 0 Å². The van der Waals surface area contributed by atoms with Crippen LogP contribution >= 0.6 is 0 Å². The Bertz CT molecular complexity index is 776. The van der Waals surface area contributed by atoms with E-state index in [9.17, 15) is 9.59 Å². The van der Waals surface area contributed by atoms with Gasteiger partial charge in [-0.05, 0) is 43.4 Å². The average Bonchev–Trinajstić information content (AvgIpc) is 2.63. The summed E-state index contributed by atoms with van der Waals surface area (Å²) < 4.78 is 5.37. The number of benzene rings is 2. The van der Waals surface area contributed by atoms with Gasteiger partial charge >= 0.3 is 5.97 Å². The van der Waals surface area contributed by atoms with E-state index in [0.29, 0.717) is 0 Å². The molecule has 0 saturated carbocycles. The molecule has 27 heavy (non-hydrogen) atoms. The lowest BCUT2D eigenvalue weighted by molar-refractivity contribution is -0.150. The van der Waals surface area contributed by atoms with E-state index in [1.165, 1.54) is 0 Å². The number of anilines is 1. The molecule has 0 unspecified atom stereocenters. The molecule has 0 radical (unpaired) electrons. The SMILES string of the molecule is CC[C@H](C)[C@H](C(=O)OCC(=O)Nc1c(C)cc(C)cc1C)c1ccccc1. The first-order chi connectivity index (χ1) is 12.8. The maximum Gasteiger partial charge on any atom is 0.314 e. The van der Waals surface area contributed by atoms with E-state index in [2.05, 4.69) is 5.32 Å². The van der Waals surface area contributed by atoms with Crippen LogP contribution in [0.5, 0.6) is 0 Å². The van der Waals surface area contributed by atoms with Crippen molar-refractivity contribution in [2.45, 2.75) is 47.0 Å². The fraction of sp³-hybridized carbons (Fsp3) is 0.391. The molecule has 2 atom stereocenters. The lowest BCUT2D eigenvalue weighted by Gasteiger charge is -2.22. The van der Waals surface area contributed by atoms with Gasteiger partial charge in [0.25, 0.3) is 5.91 Å². The van der Waals surface area contributed by atoms with Gasteiger partial charge in [-0.2, -0.15) is 0 Å². The third-order valence-electron chi connectivity index (χ3n) is 4.91. The van der Waals surface area contributed by atoms with Crippen LogP contribution in [-0.4, -0.2) is 18.5 Å². The monoisotopic (exact) mass is 367 g/mol. The highest BCUT2D eigenvalue weighted by molar-refractivity contribution is 5.94. The standard InChI is InChI=1S/C23H29NO3/c1-6-16(3)21(19-10-8-7-9-11-19)23(26)27-14-20(25)24-22-17(4)12-15(2)13-18(22)5/h7-13,16,21H,6,14H2,1-5H3,(H,24,25)/t16-,21-/m0/s1. The minimum Gasteiger partial charge on any atom is -0.455 e. The van der Waals surface area contributed by atoms with E-state index in [1.54, 1.807) is 0 Å². The van der Waals surface area contributed by atoms with Crippen molar-refractivity contribution in [3.63, 3.8) is 0 Å². The molecule has 1 amide bonds. The highest BCUT2D eigenvalue weighted by Crippen LogP contribution is 2.28. The first-order valence-electron chi connectivity index (χ1n) is 9.42. The van der Waals surface area contributed by atoms with Crippen LogP contribution in [0.25, 0.3) is 0 Å². The Hall–Kier alpha value is -2.62. The molecule has 0 bridgehead atoms. The Morgan fingerprint density at radius 2 is 1.63 bits per heavy atom. The van der Waals surface area contributed by atoms with Gasteiger partial charge in [0.1, 0.15) is 0 Å². The number of amides is 1. The number of ether oxygens (including phenoxy) is 1. The number of nitrogens with one attached hydrogen (secondary N) is 1. The first kappa shape index (κ1) is 20.7. The molecule has 2 aromatic carbocycles. The molecular formula is C23H29NO3. The van der Waals surface area contributed by atoms with Crippen molar-refractivity contribution >= 4 is 17.6 Å². The van der Waals surface area contributed by atoms with Gasteiger partial charge in [0.05, 0.1) is 5.92 Å². The maximum absolute atomic E-state index is 12.7. The number of rotatable bonds is 7. The van der Waals surface area contributed by atoms with Crippen molar-refractivity contribution in [2.24, 2.45) is 5.92 Å². The summed E-state index contributed by atoms with van der Waals surface area (Å²) in [5.74, 6) is -0.922. The zero-order chi connectivity index (χ0) is 20.0. The Balaban J connectivity index is 2.04. The quantitative estimate of drug-likeness (QED) is 0.707. The number of carbonyl (C=O) groups is 2. The molecule has 0 fully saturated rings. The molecule has 4 nitrogen and oxygen atoms in total. The highest BCUT2D eigenvalue weighted by Gasteiger charge is 2.27. The smallest absolute Gasteiger partial charge is 0.314 e. The topological polar surface area (TPSA) is 55.4 Å². The summed E-state index contributed by atoms with van der Waals surface area (Å²) in [4.78, 5) is 25.0. The van der Waals surface area contributed by atoms with Gasteiger partial charge in [-0.25, -0.2) is 0 Å². The normalized spacial score (nSPS) is 12.9. The van der Waals surface area contributed by atoms with E-state index >= 15 is 0 Å². The van der Waals surface area contributed by atoms with Gasteiger partial charge in [-0.15, -0.1) is 0 Å². The summed E-state index contributed by atoms with van der Waals surface area (Å²) in [5, 5.41) is 2.87. The summed E-state index contributed by atoms with van der Waals surface area (Å²) in [5.41, 5.74) is 4.84. The number of carbonyl (C=O) groups excluding carboxylic acids is 2. The summed E-state index contributed by atoms with van der Waals surface area (Å²) in [6.45, 7) is 9.71. The number of hydrogen-bond donors (Lipinski definition) is 1. The number of esters is 1. The summed E-state index contributed by atoms with van der Waals surface area (Å²) in [6.07, 6.45) is 0.850. The Labute approximate surface area is 161 Å². The van der Waals surface area contributed by atoms with Crippen LogP contribution in [0, 0.1) is 26.7 Å². The van der Waals surface area contributed by atoms with Crippen molar-refractivity contribution in [1.82, 2.24) is 0 Å². The van der Waals surface area contributed by atoms with Crippen LogP contribution in [0.15, 0.2) is 42.5 Å². The van der Waals surface area contributed by atoms with E-state index in [1.807, 2.05) is 77.1 Å². The fourth-order valence-electron chi connectivity index (χ4n) is 3.37. The van der Waals surface area contributed by atoms with Gasteiger partial charge in [0.2, 0.25) is 0 Å². The molecule has 0 aromatic heterocycles. The molecule has 4 heteroatoms. The second-order valence-electron chi connectivity index (χ2n) is 7.20. The van der Waals surface area contributed by atoms with Crippen LogP contribution in [0.2, 0.25) is 0 Å². The van der Waals surface area contributed by atoms with Crippen LogP contribution in [0.1, 0.15) is 48.4 Å². The van der Waals surface area contributed by atoms with Crippen molar-refractivity contribution in [3.05, 3.63) is 64.7 Å². The van der Waals surface area contributed by atoms with Crippen LogP contribution in [0.4, 0.5) is 5.69 Å². The van der Waals surface area contributed by atoms with Gasteiger partial charge < -0.3 is 10.1 Å². The molecule has 0 aliphatic heterocycles. The van der Waals surface area contributed by atoms with Crippen LogP contribution < -0.4 is 5.32 Å². The summed E-state index contributed by atoms with van der Waals surface area (Å²) >= 11 is 0.